The average Bonchev–Trinajstić information content (AvgIpc) is 2.68. The van der Waals surface area contributed by atoms with Gasteiger partial charge in [0.25, 0.3) is 0 Å². The normalized spacial score (nSPS) is 10.9. The maximum Gasteiger partial charge on any atom is 0.194 e. The SMILES string of the molecule is CCSc1cnn(-c2cc(F)c(F)c(F)c2)c1N. The first kappa shape index (κ1) is 12.8. The molecule has 0 radical (unpaired) electrons. The highest BCUT2D eigenvalue weighted by Gasteiger charge is 2.15. The lowest BCUT2D eigenvalue weighted by Crippen LogP contribution is -2.04. The predicted octanol–water partition coefficient (Wildman–Crippen LogP) is 2.98. The Kier molecular flexibility index (Phi) is 3.51. The Morgan fingerprint density at radius 3 is 2.44 bits per heavy atom. The molecular weight excluding hydrogens is 263 g/mol. The van der Waals surface area contributed by atoms with E-state index in [1.807, 2.05) is 6.92 Å². The highest BCUT2D eigenvalue weighted by Crippen LogP contribution is 2.27. The fraction of sp³-hybridized carbons (Fsp3) is 0.182. The van der Waals surface area contributed by atoms with Crippen LogP contribution in [0.3, 0.4) is 0 Å². The summed E-state index contributed by atoms with van der Waals surface area (Å²) in [6.45, 7) is 1.94. The van der Waals surface area contributed by atoms with Gasteiger partial charge in [-0.25, -0.2) is 17.9 Å². The van der Waals surface area contributed by atoms with Crippen molar-refractivity contribution in [2.45, 2.75) is 11.8 Å². The van der Waals surface area contributed by atoms with Gasteiger partial charge in [-0.3, -0.25) is 0 Å². The molecule has 2 rings (SSSR count). The number of thioether (sulfide) groups is 1. The van der Waals surface area contributed by atoms with Crippen LogP contribution in [0, 0.1) is 17.5 Å². The Labute approximate surface area is 106 Å². The quantitative estimate of drug-likeness (QED) is 0.690. The Bertz CT molecular complexity index is 560. The zero-order valence-corrected chi connectivity index (χ0v) is 10.3. The number of hydrogen-bond donors (Lipinski definition) is 1. The van der Waals surface area contributed by atoms with Gasteiger partial charge in [0.2, 0.25) is 0 Å². The van der Waals surface area contributed by atoms with E-state index in [0.29, 0.717) is 4.90 Å². The van der Waals surface area contributed by atoms with Gasteiger partial charge < -0.3 is 5.73 Å². The molecule has 0 aliphatic carbocycles. The van der Waals surface area contributed by atoms with Crippen molar-refractivity contribution in [3.8, 4) is 5.69 Å². The fourth-order valence-electron chi connectivity index (χ4n) is 1.48. The summed E-state index contributed by atoms with van der Waals surface area (Å²) in [5.74, 6) is -2.99. The average molecular weight is 273 g/mol. The highest BCUT2D eigenvalue weighted by atomic mass is 32.2. The van der Waals surface area contributed by atoms with Crippen LogP contribution in [0.1, 0.15) is 6.92 Å². The van der Waals surface area contributed by atoms with Crippen LogP contribution >= 0.6 is 11.8 Å². The number of rotatable bonds is 3. The van der Waals surface area contributed by atoms with E-state index in [9.17, 15) is 13.2 Å². The maximum atomic E-state index is 13.1. The summed E-state index contributed by atoms with van der Waals surface area (Å²) in [5, 5.41) is 3.93. The summed E-state index contributed by atoms with van der Waals surface area (Å²) in [6.07, 6.45) is 1.50. The van der Waals surface area contributed by atoms with Crippen molar-refractivity contribution in [3.05, 3.63) is 35.8 Å². The molecule has 0 saturated heterocycles. The Morgan fingerprint density at radius 1 is 1.28 bits per heavy atom. The second-order valence-electron chi connectivity index (χ2n) is 3.46. The molecule has 96 valence electrons. The second kappa shape index (κ2) is 4.93. The molecule has 0 spiro atoms. The van der Waals surface area contributed by atoms with E-state index in [1.54, 1.807) is 0 Å². The van der Waals surface area contributed by atoms with Crippen LogP contribution in [0.2, 0.25) is 0 Å². The number of nitrogens with zero attached hydrogens (tertiary/aromatic N) is 2. The lowest BCUT2D eigenvalue weighted by Gasteiger charge is -2.06. The van der Waals surface area contributed by atoms with Gasteiger partial charge in [0, 0.05) is 12.1 Å². The molecule has 2 N–H and O–H groups in total. The summed E-state index contributed by atoms with van der Waals surface area (Å²) in [6, 6.07) is 1.70. The van der Waals surface area contributed by atoms with E-state index in [4.69, 9.17) is 5.73 Å². The van der Waals surface area contributed by atoms with E-state index >= 15 is 0 Å². The molecule has 0 saturated carbocycles. The minimum Gasteiger partial charge on any atom is -0.383 e. The number of benzene rings is 1. The van der Waals surface area contributed by atoms with Gasteiger partial charge in [-0.15, -0.1) is 11.8 Å². The Morgan fingerprint density at radius 2 is 1.89 bits per heavy atom. The third kappa shape index (κ3) is 2.17. The molecular formula is C11H10F3N3S. The van der Waals surface area contributed by atoms with Gasteiger partial charge >= 0.3 is 0 Å². The molecule has 1 aromatic carbocycles. The zero-order chi connectivity index (χ0) is 13.3. The molecule has 1 heterocycles. The van der Waals surface area contributed by atoms with Crippen molar-refractivity contribution in [2.24, 2.45) is 0 Å². The lowest BCUT2D eigenvalue weighted by atomic mass is 10.3. The van der Waals surface area contributed by atoms with Crippen LogP contribution in [-0.2, 0) is 0 Å². The number of anilines is 1. The van der Waals surface area contributed by atoms with Gasteiger partial charge in [-0.2, -0.15) is 5.10 Å². The van der Waals surface area contributed by atoms with Crippen LogP contribution in [0.4, 0.5) is 19.0 Å². The molecule has 3 nitrogen and oxygen atoms in total. The summed E-state index contributed by atoms with van der Waals surface area (Å²) < 4.78 is 40.2. The molecule has 0 amide bonds. The fourth-order valence-corrected chi connectivity index (χ4v) is 2.15. The van der Waals surface area contributed by atoms with Gasteiger partial charge in [0.15, 0.2) is 17.5 Å². The molecule has 2 aromatic rings. The maximum absolute atomic E-state index is 13.1. The number of hydrogen-bond acceptors (Lipinski definition) is 3. The summed E-state index contributed by atoms with van der Waals surface area (Å²) in [4.78, 5) is 0.711. The standard InChI is InChI=1S/C11H10F3N3S/c1-2-18-9-5-16-17(11(9)15)6-3-7(12)10(14)8(13)4-6/h3-5H,2,15H2,1H3. The van der Waals surface area contributed by atoms with Crippen LogP contribution in [0.5, 0.6) is 0 Å². The topological polar surface area (TPSA) is 43.8 Å². The molecule has 0 fully saturated rings. The van der Waals surface area contributed by atoms with Crippen LogP contribution in [0.25, 0.3) is 5.69 Å². The van der Waals surface area contributed by atoms with Gasteiger partial charge in [-0.05, 0) is 5.75 Å². The van der Waals surface area contributed by atoms with E-state index in [-0.39, 0.29) is 11.5 Å². The molecule has 0 atom stereocenters. The first-order chi connectivity index (χ1) is 8.54. The van der Waals surface area contributed by atoms with Crippen molar-refractivity contribution in [3.63, 3.8) is 0 Å². The molecule has 18 heavy (non-hydrogen) atoms. The molecule has 0 aliphatic rings. The molecule has 0 unspecified atom stereocenters. The third-order valence-electron chi connectivity index (χ3n) is 2.28. The second-order valence-corrected chi connectivity index (χ2v) is 4.77. The van der Waals surface area contributed by atoms with Crippen molar-refractivity contribution < 1.29 is 13.2 Å². The number of aromatic nitrogens is 2. The van der Waals surface area contributed by atoms with Gasteiger partial charge in [-0.1, -0.05) is 6.92 Å². The monoisotopic (exact) mass is 273 g/mol. The van der Waals surface area contributed by atoms with Crippen LogP contribution in [-0.4, -0.2) is 15.5 Å². The summed E-state index contributed by atoms with van der Waals surface area (Å²) in [7, 11) is 0. The molecule has 0 bridgehead atoms. The first-order valence-electron chi connectivity index (χ1n) is 5.15. The van der Waals surface area contributed by atoms with Gasteiger partial charge in [0.1, 0.15) is 5.82 Å². The van der Waals surface area contributed by atoms with Crippen molar-refractivity contribution in [1.82, 2.24) is 9.78 Å². The largest absolute Gasteiger partial charge is 0.383 e. The third-order valence-corrected chi connectivity index (χ3v) is 3.20. The molecule has 1 aromatic heterocycles. The van der Waals surface area contributed by atoms with Crippen molar-refractivity contribution in [1.29, 1.82) is 0 Å². The number of halogens is 3. The predicted molar refractivity (Wildman–Crippen MR) is 64.2 cm³/mol. The molecule has 7 heteroatoms. The Balaban J connectivity index is 2.49. The summed E-state index contributed by atoms with van der Waals surface area (Å²) >= 11 is 1.46. The minimum atomic E-state index is -1.51. The minimum absolute atomic E-state index is 0.0480. The highest BCUT2D eigenvalue weighted by molar-refractivity contribution is 7.99. The van der Waals surface area contributed by atoms with Gasteiger partial charge in [0.05, 0.1) is 16.8 Å². The first-order valence-corrected chi connectivity index (χ1v) is 6.14. The van der Waals surface area contributed by atoms with E-state index in [2.05, 4.69) is 5.10 Å². The van der Waals surface area contributed by atoms with Crippen LogP contribution < -0.4 is 5.73 Å². The summed E-state index contributed by atoms with van der Waals surface area (Å²) in [5.41, 5.74) is 5.85. The lowest BCUT2D eigenvalue weighted by molar-refractivity contribution is 0.446. The van der Waals surface area contributed by atoms with Crippen LogP contribution in [0.15, 0.2) is 23.2 Å². The van der Waals surface area contributed by atoms with E-state index in [0.717, 1.165) is 17.9 Å². The Hall–Kier alpha value is -1.63. The smallest absolute Gasteiger partial charge is 0.194 e. The van der Waals surface area contributed by atoms with Crippen molar-refractivity contribution in [2.75, 3.05) is 11.5 Å². The molecule has 0 aliphatic heterocycles. The zero-order valence-electron chi connectivity index (χ0n) is 9.45. The van der Waals surface area contributed by atoms with E-state index in [1.165, 1.54) is 22.6 Å². The van der Waals surface area contributed by atoms with E-state index < -0.39 is 17.5 Å². The number of nitrogens with two attached hydrogens (primary N) is 1. The van der Waals surface area contributed by atoms with Crippen molar-refractivity contribution >= 4 is 17.6 Å². The number of nitrogen functional groups attached to an aromatic ring is 1.